The average molecular weight is 332 g/mol. The fourth-order valence-corrected chi connectivity index (χ4v) is 3.81. The molecule has 1 amide bonds. The number of piperidine rings is 1. The molecule has 2 saturated heterocycles. The third-order valence-electron chi connectivity index (χ3n) is 5.78. The predicted octanol–water partition coefficient (Wildman–Crippen LogP) is 1.19. The first kappa shape index (κ1) is 17.1. The molecule has 0 aromatic carbocycles. The number of likely N-dealkylation sites (tertiary alicyclic amines) is 2. The van der Waals surface area contributed by atoms with Crippen molar-refractivity contribution >= 4 is 5.91 Å². The highest BCUT2D eigenvalue weighted by Gasteiger charge is 2.30. The molecule has 2 aliphatic rings. The van der Waals surface area contributed by atoms with Crippen molar-refractivity contribution in [1.29, 1.82) is 0 Å². The maximum Gasteiger partial charge on any atom is 0.256 e. The number of rotatable bonds is 4. The summed E-state index contributed by atoms with van der Waals surface area (Å²) in [5, 5.41) is 0. The fraction of sp³-hybridized carbons (Fsp3) is 0.722. The van der Waals surface area contributed by atoms with Crippen molar-refractivity contribution in [1.82, 2.24) is 19.4 Å². The van der Waals surface area contributed by atoms with Crippen LogP contribution in [-0.4, -0.2) is 58.0 Å². The molecule has 0 spiro atoms. The molecule has 0 saturated carbocycles. The third kappa shape index (κ3) is 3.53. The van der Waals surface area contributed by atoms with Crippen molar-refractivity contribution < 1.29 is 4.79 Å². The van der Waals surface area contributed by atoms with E-state index >= 15 is 0 Å². The lowest BCUT2D eigenvalue weighted by atomic mass is 9.96. The highest BCUT2D eigenvalue weighted by molar-refractivity contribution is 5.78. The summed E-state index contributed by atoms with van der Waals surface area (Å²) in [4.78, 5) is 32.6. The van der Waals surface area contributed by atoms with E-state index in [4.69, 9.17) is 0 Å². The Morgan fingerprint density at radius 3 is 2.46 bits per heavy atom. The van der Waals surface area contributed by atoms with Crippen molar-refractivity contribution in [2.45, 2.75) is 52.1 Å². The van der Waals surface area contributed by atoms with Gasteiger partial charge in [-0.25, -0.2) is 4.98 Å². The highest BCUT2D eigenvalue weighted by Crippen LogP contribution is 2.22. The van der Waals surface area contributed by atoms with Gasteiger partial charge in [-0.3, -0.25) is 14.2 Å². The first-order valence-corrected chi connectivity index (χ1v) is 8.96. The molecule has 6 heteroatoms. The molecule has 1 aromatic rings. The van der Waals surface area contributed by atoms with Gasteiger partial charge >= 0.3 is 0 Å². The number of hydrogen-bond acceptors (Lipinski definition) is 4. The average Bonchev–Trinajstić information content (AvgIpc) is 2.89. The van der Waals surface area contributed by atoms with Crippen molar-refractivity contribution in [3.05, 3.63) is 27.9 Å². The number of aryl methyl sites for hydroxylation is 1. The zero-order chi connectivity index (χ0) is 17.3. The Morgan fingerprint density at radius 1 is 1.12 bits per heavy atom. The van der Waals surface area contributed by atoms with Gasteiger partial charge in [-0.15, -0.1) is 0 Å². The first-order valence-electron chi connectivity index (χ1n) is 8.96. The van der Waals surface area contributed by atoms with E-state index in [1.54, 1.807) is 10.9 Å². The van der Waals surface area contributed by atoms with Crippen LogP contribution in [0.15, 0.2) is 11.1 Å². The Hall–Kier alpha value is -1.69. The van der Waals surface area contributed by atoms with Crippen LogP contribution in [0.5, 0.6) is 0 Å². The minimum atomic E-state index is 0.0935. The van der Waals surface area contributed by atoms with Gasteiger partial charge in [0, 0.05) is 43.9 Å². The lowest BCUT2D eigenvalue weighted by molar-refractivity contribution is -0.127. The number of hydrogen-bond donors (Lipinski definition) is 0. The lowest BCUT2D eigenvalue weighted by Crippen LogP contribution is -2.44. The number of carbonyl (C=O) groups excluding carboxylic acids is 1. The van der Waals surface area contributed by atoms with Crippen molar-refractivity contribution in [3.63, 3.8) is 0 Å². The van der Waals surface area contributed by atoms with Gasteiger partial charge in [-0.05, 0) is 52.1 Å². The van der Waals surface area contributed by atoms with E-state index in [1.165, 1.54) is 0 Å². The van der Waals surface area contributed by atoms with Crippen LogP contribution >= 0.6 is 0 Å². The predicted molar refractivity (Wildman–Crippen MR) is 92.9 cm³/mol. The second-order valence-electron chi connectivity index (χ2n) is 7.35. The summed E-state index contributed by atoms with van der Waals surface area (Å²) in [5.41, 5.74) is 1.67. The maximum absolute atomic E-state index is 12.3. The molecule has 3 heterocycles. The van der Waals surface area contributed by atoms with Crippen molar-refractivity contribution in [2.75, 3.05) is 26.7 Å². The molecule has 1 aromatic heterocycles. The zero-order valence-corrected chi connectivity index (χ0v) is 15.0. The molecule has 2 aliphatic heterocycles. The van der Waals surface area contributed by atoms with Gasteiger partial charge in [0.25, 0.3) is 5.56 Å². The van der Waals surface area contributed by atoms with Crippen molar-refractivity contribution in [2.24, 2.45) is 5.92 Å². The summed E-state index contributed by atoms with van der Waals surface area (Å²) < 4.78 is 1.77. The van der Waals surface area contributed by atoms with E-state index in [1.807, 2.05) is 25.8 Å². The third-order valence-corrected chi connectivity index (χ3v) is 5.78. The largest absolute Gasteiger partial charge is 0.341 e. The van der Waals surface area contributed by atoms with E-state index in [-0.39, 0.29) is 11.5 Å². The zero-order valence-electron chi connectivity index (χ0n) is 15.0. The maximum atomic E-state index is 12.3. The summed E-state index contributed by atoms with van der Waals surface area (Å²) in [5.74, 6) is 0.808. The number of nitrogens with zero attached hydrogens (tertiary/aromatic N) is 4. The van der Waals surface area contributed by atoms with E-state index in [9.17, 15) is 9.59 Å². The van der Waals surface area contributed by atoms with Gasteiger partial charge in [0.1, 0.15) is 0 Å². The summed E-state index contributed by atoms with van der Waals surface area (Å²) in [6.07, 6.45) is 5.57. The fourth-order valence-electron chi connectivity index (χ4n) is 3.81. The minimum Gasteiger partial charge on any atom is -0.341 e. The number of amides is 1. The normalized spacial score (nSPS) is 23.2. The van der Waals surface area contributed by atoms with E-state index in [0.717, 1.165) is 56.7 Å². The van der Waals surface area contributed by atoms with Crippen LogP contribution in [-0.2, 0) is 11.3 Å². The van der Waals surface area contributed by atoms with Crippen LogP contribution in [0.4, 0.5) is 0 Å². The Balaban J connectivity index is 1.52. The molecular formula is C18H28N4O2. The molecule has 132 valence electrons. The minimum absolute atomic E-state index is 0.0935. The SMILES string of the molecule is Cc1ncn(CC2CCN(CC3CCC(=O)N3C)CC2)c(=O)c1C. The quantitative estimate of drug-likeness (QED) is 0.831. The molecule has 3 rings (SSSR count). The second-order valence-corrected chi connectivity index (χ2v) is 7.35. The molecule has 0 aliphatic carbocycles. The monoisotopic (exact) mass is 332 g/mol. The number of likely N-dealkylation sites (N-methyl/N-ethyl adjacent to an activating group) is 1. The van der Waals surface area contributed by atoms with Crippen LogP contribution in [0, 0.1) is 19.8 Å². The first-order chi connectivity index (χ1) is 11.5. The van der Waals surface area contributed by atoms with Crippen LogP contribution in [0.3, 0.4) is 0 Å². The molecule has 6 nitrogen and oxygen atoms in total. The smallest absolute Gasteiger partial charge is 0.256 e. The van der Waals surface area contributed by atoms with E-state index in [0.29, 0.717) is 18.4 Å². The number of carbonyl (C=O) groups is 1. The van der Waals surface area contributed by atoms with Crippen LogP contribution < -0.4 is 5.56 Å². The van der Waals surface area contributed by atoms with Crippen molar-refractivity contribution in [3.8, 4) is 0 Å². The Morgan fingerprint density at radius 2 is 1.83 bits per heavy atom. The number of aromatic nitrogens is 2. The molecule has 2 fully saturated rings. The highest BCUT2D eigenvalue weighted by atomic mass is 16.2. The topological polar surface area (TPSA) is 58.4 Å². The summed E-state index contributed by atoms with van der Waals surface area (Å²) in [6.45, 7) is 7.59. The van der Waals surface area contributed by atoms with Gasteiger partial charge in [-0.2, -0.15) is 0 Å². The molecular weight excluding hydrogens is 304 g/mol. The Bertz CT molecular complexity index is 661. The van der Waals surface area contributed by atoms with Crippen LogP contribution in [0.1, 0.15) is 36.9 Å². The second kappa shape index (κ2) is 7.05. The van der Waals surface area contributed by atoms with Gasteiger partial charge in [0.05, 0.1) is 6.33 Å². The lowest BCUT2D eigenvalue weighted by Gasteiger charge is -2.35. The van der Waals surface area contributed by atoms with E-state index in [2.05, 4.69) is 9.88 Å². The van der Waals surface area contributed by atoms with Crippen LogP contribution in [0.2, 0.25) is 0 Å². The van der Waals surface area contributed by atoms with Crippen LogP contribution in [0.25, 0.3) is 0 Å². The Kier molecular flexibility index (Phi) is 5.04. The summed E-state index contributed by atoms with van der Waals surface area (Å²) >= 11 is 0. The van der Waals surface area contributed by atoms with Gasteiger partial charge in [0.2, 0.25) is 5.91 Å². The summed E-state index contributed by atoms with van der Waals surface area (Å²) in [7, 11) is 1.92. The van der Waals surface area contributed by atoms with E-state index < -0.39 is 0 Å². The molecule has 1 atom stereocenters. The van der Waals surface area contributed by atoms with Gasteiger partial charge in [0.15, 0.2) is 0 Å². The molecule has 24 heavy (non-hydrogen) atoms. The standard InChI is InChI=1S/C18H28N4O2/c1-13-14(2)19-12-22(18(13)24)10-15-6-8-21(9-7-15)11-16-4-5-17(23)20(16)3/h12,15-16H,4-11H2,1-3H3. The molecule has 0 bridgehead atoms. The Labute approximate surface area is 143 Å². The molecule has 0 N–H and O–H groups in total. The summed E-state index contributed by atoms with van der Waals surface area (Å²) in [6, 6.07) is 0.376. The van der Waals surface area contributed by atoms with Gasteiger partial charge in [-0.1, -0.05) is 0 Å². The molecule has 1 unspecified atom stereocenters. The van der Waals surface area contributed by atoms with Gasteiger partial charge < -0.3 is 9.80 Å². The molecule has 0 radical (unpaired) electrons.